The summed E-state index contributed by atoms with van der Waals surface area (Å²) in [6, 6.07) is 5.92. The van der Waals surface area contributed by atoms with Crippen molar-refractivity contribution in [3.63, 3.8) is 0 Å². The number of carbonyl (C=O) groups is 2. The third-order valence-electron chi connectivity index (χ3n) is 3.82. The maximum absolute atomic E-state index is 12.5. The van der Waals surface area contributed by atoms with Crippen molar-refractivity contribution in [2.75, 3.05) is 7.11 Å². The molecule has 2 rings (SSSR count). The van der Waals surface area contributed by atoms with Crippen molar-refractivity contribution in [2.24, 2.45) is 0 Å². The number of rotatable bonds is 7. The lowest BCUT2D eigenvalue weighted by Gasteiger charge is -2.19. The number of methoxy groups -OCH3 is 1. The summed E-state index contributed by atoms with van der Waals surface area (Å²) in [7, 11) is 1.65. The van der Waals surface area contributed by atoms with Crippen molar-refractivity contribution in [3.8, 4) is 5.75 Å². The van der Waals surface area contributed by atoms with E-state index in [1.54, 1.807) is 7.11 Å². The Morgan fingerprint density at radius 1 is 1.19 bits per heavy atom. The zero-order valence-corrected chi connectivity index (χ0v) is 18.3. The summed E-state index contributed by atoms with van der Waals surface area (Å²) in [5, 5.41) is 0.979. The SMILES string of the molecule is CCC(Br)c1cc2sc(C(=O)CCC(=O)OC(C)(C)C)cc2cc1OC. The first-order valence-corrected chi connectivity index (χ1v) is 10.4. The van der Waals surface area contributed by atoms with E-state index in [0.29, 0.717) is 4.88 Å². The largest absolute Gasteiger partial charge is 0.496 e. The topological polar surface area (TPSA) is 52.6 Å². The standard InChI is InChI=1S/C20H25BrO4S/c1-6-14(21)13-11-17-12(9-16(13)24-5)10-18(26-17)15(22)7-8-19(23)25-20(2,3)4/h9-11,14H,6-8H2,1-5H3. The molecule has 0 fully saturated rings. The number of thiophene rings is 1. The van der Waals surface area contributed by atoms with Gasteiger partial charge in [0.25, 0.3) is 0 Å². The lowest BCUT2D eigenvalue weighted by molar-refractivity contribution is -0.154. The maximum Gasteiger partial charge on any atom is 0.306 e. The first-order chi connectivity index (χ1) is 12.1. The molecule has 26 heavy (non-hydrogen) atoms. The van der Waals surface area contributed by atoms with Gasteiger partial charge in [0, 0.05) is 21.5 Å². The molecule has 142 valence electrons. The zero-order chi connectivity index (χ0) is 19.5. The predicted molar refractivity (Wildman–Crippen MR) is 110 cm³/mol. The Balaban J connectivity index is 2.17. The molecule has 0 amide bonds. The van der Waals surface area contributed by atoms with Crippen LogP contribution in [0.5, 0.6) is 5.75 Å². The molecule has 0 saturated carbocycles. The number of hydrogen-bond acceptors (Lipinski definition) is 5. The molecule has 0 aliphatic rings. The molecule has 4 nitrogen and oxygen atoms in total. The number of fused-ring (bicyclic) bond motifs is 1. The van der Waals surface area contributed by atoms with E-state index in [-0.39, 0.29) is 29.4 Å². The molecule has 0 saturated heterocycles. The molecule has 0 spiro atoms. The molecule has 0 aliphatic carbocycles. The van der Waals surface area contributed by atoms with E-state index < -0.39 is 5.60 Å². The summed E-state index contributed by atoms with van der Waals surface area (Å²) in [5.41, 5.74) is 0.549. The number of Topliss-reactive ketones (excluding diaryl/α,β-unsaturated/α-hetero) is 1. The first kappa shape index (κ1) is 20.9. The van der Waals surface area contributed by atoms with Crippen LogP contribution in [0.2, 0.25) is 0 Å². The van der Waals surface area contributed by atoms with Gasteiger partial charge in [0.2, 0.25) is 0 Å². The lowest BCUT2D eigenvalue weighted by Crippen LogP contribution is -2.24. The highest BCUT2D eigenvalue weighted by atomic mass is 79.9. The van der Waals surface area contributed by atoms with E-state index in [1.165, 1.54) is 11.3 Å². The highest BCUT2D eigenvalue weighted by Gasteiger charge is 2.19. The van der Waals surface area contributed by atoms with E-state index >= 15 is 0 Å². The summed E-state index contributed by atoms with van der Waals surface area (Å²) in [6.45, 7) is 7.55. The van der Waals surface area contributed by atoms with Crippen LogP contribution in [0.4, 0.5) is 0 Å². The first-order valence-electron chi connectivity index (χ1n) is 8.65. The average molecular weight is 441 g/mol. The minimum atomic E-state index is -0.532. The third kappa shape index (κ3) is 5.30. The van der Waals surface area contributed by atoms with Crippen LogP contribution >= 0.6 is 27.3 Å². The van der Waals surface area contributed by atoms with Gasteiger partial charge in [-0.05, 0) is 50.8 Å². The summed E-state index contributed by atoms with van der Waals surface area (Å²) in [4.78, 5) is 25.1. The number of halogens is 1. The van der Waals surface area contributed by atoms with Gasteiger partial charge in [-0.2, -0.15) is 0 Å². The van der Waals surface area contributed by atoms with Crippen LogP contribution in [0, 0.1) is 0 Å². The van der Waals surface area contributed by atoms with E-state index in [0.717, 1.165) is 27.8 Å². The van der Waals surface area contributed by atoms with Gasteiger partial charge in [-0.15, -0.1) is 11.3 Å². The number of hydrogen-bond donors (Lipinski definition) is 0. The van der Waals surface area contributed by atoms with E-state index in [1.807, 2.05) is 32.9 Å². The Morgan fingerprint density at radius 2 is 1.88 bits per heavy atom. The van der Waals surface area contributed by atoms with Crippen LogP contribution in [-0.2, 0) is 9.53 Å². The fourth-order valence-corrected chi connectivity index (χ4v) is 4.01. The molecule has 0 bridgehead atoms. The Kier molecular flexibility index (Phi) is 6.86. The maximum atomic E-state index is 12.5. The molecule has 2 aromatic rings. The zero-order valence-electron chi connectivity index (χ0n) is 15.8. The van der Waals surface area contributed by atoms with Crippen LogP contribution in [0.3, 0.4) is 0 Å². The molecule has 1 aromatic carbocycles. The summed E-state index contributed by atoms with van der Waals surface area (Å²) < 4.78 is 11.8. The number of benzene rings is 1. The lowest BCUT2D eigenvalue weighted by atomic mass is 10.1. The van der Waals surface area contributed by atoms with Crippen molar-refractivity contribution in [3.05, 3.63) is 28.6 Å². The average Bonchev–Trinajstić information content (AvgIpc) is 2.99. The minimum absolute atomic E-state index is 0.0385. The smallest absolute Gasteiger partial charge is 0.306 e. The Bertz CT molecular complexity index is 804. The van der Waals surface area contributed by atoms with Gasteiger partial charge in [-0.1, -0.05) is 22.9 Å². The van der Waals surface area contributed by atoms with Gasteiger partial charge >= 0.3 is 5.97 Å². The fraction of sp³-hybridized carbons (Fsp3) is 0.500. The summed E-state index contributed by atoms with van der Waals surface area (Å²) in [6.07, 6.45) is 1.19. The monoisotopic (exact) mass is 440 g/mol. The second kappa shape index (κ2) is 8.53. The molecule has 1 unspecified atom stereocenters. The fourth-order valence-electron chi connectivity index (χ4n) is 2.59. The number of alkyl halides is 1. The molecule has 1 aromatic heterocycles. The van der Waals surface area contributed by atoms with Crippen LogP contribution in [-0.4, -0.2) is 24.5 Å². The molecule has 0 radical (unpaired) electrons. The molecular weight excluding hydrogens is 416 g/mol. The van der Waals surface area contributed by atoms with E-state index in [2.05, 4.69) is 28.9 Å². The van der Waals surface area contributed by atoms with Crippen molar-refractivity contribution in [1.82, 2.24) is 0 Å². The van der Waals surface area contributed by atoms with Crippen LogP contribution < -0.4 is 4.74 Å². The number of carbonyl (C=O) groups excluding carboxylic acids is 2. The Labute approximate surface area is 167 Å². The van der Waals surface area contributed by atoms with Gasteiger partial charge < -0.3 is 9.47 Å². The second-order valence-electron chi connectivity index (χ2n) is 7.13. The normalized spacial score (nSPS) is 12.8. The number of ketones is 1. The van der Waals surface area contributed by atoms with Gasteiger partial charge in [0.05, 0.1) is 18.4 Å². The van der Waals surface area contributed by atoms with E-state index in [9.17, 15) is 9.59 Å². The number of esters is 1. The number of ether oxygens (including phenoxy) is 2. The molecule has 1 heterocycles. The highest BCUT2D eigenvalue weighted by Crippen LogP contribution is 2.39. The molecule has 0 aliphatic heterocycles. The predicted octanol–water partition coefficient (Wildman–Crippen LogP) is 6.06. The molecule has 0 N–H and O–H groups in total. The van der Waals surface area contributed by atoms with Gasteiger partial charge in [0.1, 0.15) is 11.4 Å². The van der Waals surface area contributed by atoms with Gasteiger partial charge in [0.15, 0.2) is 5.78 Å². The summed E-state index contributed by atoms with van der Waals surface area (Å²) in [5.74, 6) is 0.427. The quantitative estimate of drug-likeness (QED) is 0.298. The highest BCUT2D eigenvalue weighted by molar-refractivity contribution is 9.09. The molecular formula is C20H25BrO4S. The van der Waals surface area contributed by atoms with Gasteiger partial charge in [-0.25, -0.2) is 0 Å². The van der Waals surface area contributed by atoms with Crippen LogP contribution in [0.15, 0.2) is 18.2 Å². The van der Waals surface area contributed by atoms with Crippen molar-refractivity contribution < 1.29 is 19.1 Å². The van der Waals surface area contributed by atoms with Gasteiger partial charge in [-0.3, -0.25) is 9.59 Å². The van der Waals surface area contributed by atoms with Crippen molar-refractivity contribution in [2.45, 2.75) is 57.4 Å². The van der Waals surface area contributed by atoms with Crippen molar-refractivity contribution >= 4 is 49.1 Å². The third-order valence-corrected chi connectivity index (χ3v) is 6.10. The van der Waals surface area contributed by atoms with Crippen molar-refractivity contribution in [1.29, 1.82) is 0 Å². The van der Waals surface area contributed by atoms with Crippen LogP contribution in [0.25, 0.3) is 10.1 Å². The molecule has 6 heteroatoms. The second-order valence-corrected chi connectivity index (χ2v) is 9.32. The Hall–Kier alpha value is -1.40. The summed E-state index contributed by atoms with van der Waals surface area (Å²) >= 11 is 5.12. The minimum Gasteiger partial charge on any atom is -0.496 e. The molecule has 1 atom stereocenters. The Morgan fingerprint density at radius 3 is 2.46 bits per heavy atom. The van der Waals surface area contributed by atoms with Crippen LogP contribution in [0.1, 0.15) is 67.0 Å². The van der Waals surface area contributed by atoms with E-state index in [4.69, 9.17) is 9.47 Å².